The molecule has 1 fully saturated rings. The maximum absolute atomic E-state index is 13.0. The fraction of sp³-hybridized carbons (Fsp3) is 0.500. The van der Waals surface area contributed by atoms with Gasteiger partial charge < -0.3 is 15.4 Å². The van der Waals surface area contributed by atoms with E-state index in [0.717, 1.165) is 0 Å². The third kappa shape index (κ3) is 4.79. The number of carbonyl (C=O) groups excluding carboxylic acids is 3. The first-order chi connectivity index (χ1) is 12.7. The van der Waals surface area contributed by atoms with Gasteiger partial charge in [0.2, 0.25) is 11.7 Å². The number of amides is 2. The average Bonchev–Trinajstić information content (AvgIpc) is 3.18. The zero-order valence-corrected chi connectivity index (χ0v) is 16.3. The van der Waals surface area contributed by atoms with Crippen LogP contribution in [0.4, 0.5) is 4.79 Å². The number of nitrogens with one attached hydrogen (secondary N) is 2. The van der Waals surface area contributed by atoms with E-state index >= 15 is 0 Å². The van der Waals surface area contributed by atoms with Gasteiger partial charge in [-0.25, -0.2) is 14.8 Å². The highest BCUT2D eigenvalue weighted by Gasteiger charge is 2.34. The summed E-state index contributed by atoms with van der Waals surface area (Å²) in [6, 6.07) is 2.63. The predicted octanol–water partition coefficient (Wildman–Crippen LogP) is 2.29. The van der Waals surface area contributed by atoms with Crippen molar-refractivity contribution < 1.29 is 19.1 Å². The minimum Gasteiger partial charge on any atom is -0.444 e. The van der Waals surface area contributed by atoms with Crippen LogP contribution in [0.15, 0.2) is 18.3 Å². The molecule has 1 saturated heterocycles. The Morgan fingerprint density at radius 3 is 2.85 bits per heavy atom. The number of aromatic nitrogens is 2. The van der Waals surface area contributed by atoms with E-state index < -0.39 is 17.7 Å². The van der Waals surface area contributed by atoms with Crippen molar-refractivity contribution in [3.8, 4) is 0 Å². The largest absolute Gasteiger partial charge is 0.444 e. The highest BCUT2D eigenvalue weighted by molar-refractivity contribution is 7.19. The second-order valence-corrected chi connectivity index (χ2v) is 8.40. The second-order valence-electron chi connectivity index (χ2n) is 7.42. The summed E-state index contributed by atoms with van der Waals surface area (Å²) in [5, 5.41) is 5.62. The summed E-state index contributed by atoms with van der Waals surface area (Å²) in [5.74, 6) is -0.783. The minimum absolute atomic E-state index is 0.107. The third-order valence-electron chi connectivity index (χ3n) is 4.07. The molecule has 1 aliphatic heterocycles. The fourth-order valence-electron chi connectivity index (χ4n) is 2.86. The van der Waals surface area contributed by atoms with Gasteiger partial charge in [-0.2, -0.15) is 0 Å². The molecular weight excluding hydrogens is 368 g/mol. The Morgan fingerprint density at radius 1 is 1.44 bits per heavy atom. The van der Waals surface area contributed by atoms with Crippen molar-refractivity contribution in [1.29, 1.82) is 0 Å². The quantitative estimate of drug-likeness (QED) is 0.758. The molecule has 3 heterocycles. The molecule has 2 amide bonds. The van der Waals surface area contributed by atoms with E-state index in [0.29, 0.717) is 23.3 Å². The molecule has 1 aliphatic rings. The van der Waals surface area contributed by atoms with Gasteiger partial charge in [0.15, 0.2) is 5.01 Å². The van der Waals surface area contributed by atoms with E-state index in [1.54, 1.807) is 39.1 Å². The molecule has 8 nitrogen and oxygen atoms in total. The zero-order chi connectivity index (χ0) is 19.6. The first-order valence-corrected chi connectivity index (χ1v) is 9.57. The van der Waals surface area contributed by atoms with Crippen LogP contribution < -0.4 is 10.6 Å². The second kappa shape index (κ2) is 7.59. The Labute approximate surface area is 160 Å². The van der Waals surface area contributed by atoms with Crippen molar-refractivity contribution in [3.05, 3.63) is 23.3 Å². The summed E-state index contributed by atoms with van der Waals surface area (Å²) < 4.78 is 5.27. The van der Waals surface area contributed by atoms with Gasteiger partial charge in [0, 0.05) is 18.7 Å². The van der Waals surface area contributed by atoms with E-state index in [4.69, 9.17) is 4.74 Å². The summed E-state index contributed by atoms with van der Waals surface area (Å²) in [6.07, 6.45) is 1.76. The maximum atomic E-state index is 13.0. The molecule has 9 heteroatoms. The first kappa shape index (κ1) is 19.2. The number of ketones is 1. The number of carbonyl (C=O) groups is 3. The van der Waals surface area contributed by atoms with Gasteiger partial charge in [0.1, 0.15) is 15.9 Å². The number of alkyl carbamates (subject to hydrolysis) is 1. The number of rotatable bonds is 5. The molecule has 2 atom stereocenters. The first-order valence-electron chi connectivity index (χ1n) is 8.76. The highest BCUT2D eigenvalue weighted by atomic mass is 32.1. The molecule has 2 N–H and O–H groups in total. The SMILES string of the molecule is CC(C)(C)OC(=O)N[C@@H](C[C@@H]1CCNC1=O)C(=O)c1nc2cccnc2s1. The van der Waals surface area contributed by atoms with Crippen LogP contribution in [0.2, 0.25) is 0 Å². The van der Waals surface area contributed by atoms with Crippen molar-refractivity contribution in [2.75, 3.05) is 6.54 Å². The normalized spacial score (nSPS) is 18.2. The van der Waals surface area contributed by atoms with Crippen LogP contribution >= 0.6 is 11.3 Å². The Morgan fingerprint density at radius 2 is 2.22 bits per heavy atom. The number of pyridine rings is 1. The molecule has 0 aliphatic carbocycles. The van der Waals surface area contributed by atoms with Crippen molar-refractivity contribution >= 4 is 39.5 Å². The van der Waals surface area contributed by atoms with Gasteiger partial charge in [0.05, 0.1) is 6.04 Å². The molecule has 3 rings (SSSR count). The summed E-state index contributed by atoms with van der Waals surface area (Å²) >= 11 is 1.17. The van der Waals surface area contributed by atoms with Gasteiger partial charge in [-0.05, 0) is 45.7 Å². The predicted molar refractivity (Wildman–Crippen MR) is 101 cm³/mol. The van der Waals surface area contributed by atoms with Gasteiger partial charge in [-0.1, -0.05) is 11.3 Å². The van der Waals surface area contributed by atoms with Gasteiger partial charge >= 0.3 is 6.09 Å². The lowest BCUT2D eigenvalue weighted by atomic mass is 9.96. The van der Waals surface area contributed by atoms with Gasteiger partial charge in [-0.3, -0.25) is 9.59 Å². The number of thiazole rings is 1. The molecule has 0 unspecified atom stereocenters. The van der Waals surface area contributed by atoms with Gasteiger partial charge in [-0.15, -0.1) is 0 Å². The van der Waals surface area contributed by atoms with Crippen LogP contribution in [-0.4, -0.2) is 45.9 Å². The molecule has 0 spiro atoms. The highest BCUT2D eigenvalue weighted by Crippen LogP contribution is 2.24. The number of nitrogens with zero attached hydrogens (tertiary/aromatic N) is 2. The summed E-state index contributed by atoms with van der Waals surface area (Å²) in [5.41, 5.74) is -0.0668. The topological polar surface area (TPSA) is 110 Å². The molecule has 0 saturated carbocycles. The summed E-state index contributed by atoms with van der Waals surface area (Å²) in [4.78, 5) is 46.3. The molecule has 0 bridgehead atoms. The number of fused-ring (bicyclic) bond motifs is 1. The van der Waals surface area contributed by atoms with Crippen molar-refractivity contribution in [3.63, 3.8) is 0 Å². The van der Waals surface area contributed by atoms with E-state index in [9.17, 15) is 14.4 Å². The third-order valence-corrected chi connectivity index (χ3v) is 5.06. The smallest absolute Gasteiger partial charge is 0.408 e. The fourth-order valence-corrected chi connectivity index (χ4v) is 3.76. The molecular formula is C18H22N4O4S. The molecule has 0 aromatic carbocycles. The Hall–Kier alpha value is -2.55. The summed E-state index contributed by atoms with van der Waals surface area (Å²) in [7, 11) is 0. The van der Waals surface area contributed by atoms with Crippen LogP contribution in [0.1, 0.15) is 43.4 Å². The molecule has 2 aromatic heterocycles. The molecule has 2 aromatic rings. The number of hydrogen-bond donors (Lipinski definition) is 2. The van der Waals surface area contributed by atoms with E-state index in [1.807, 2.05) is 0 Å². The number of hydrogen-bond acceptors (Lipinski definition) is 7. The van der Waals surface area contributed by atoms with E-state index in [2.05, 4.69) is 20.6 Å². The van der Waals surface area contributed by atoms with E-state index in [-0.39, 0.29) is 29.0 Å². The van der Waals surface area contributed by atoms with Crippen LogP contribution in [0, 0.1) is 5.92 Å². The van der Waals surface area contributed by atoms with Crippen molar-refractivity contribution in [2.45, 2.75) is 45.3 Å². The lowest BCUT2D eigenvalue weighted by molar-refractivity contribution is -0.122. The van der Waals surface area contributed by atoms with Crippen LogP contribution in [0.25, 0.3) is 10.3 Å². The Balaban J connectivity index is 1.81. The Kier molecular flexibility index (Phi) is 5.41. The summed E-state index contributed by atoms with van der Waals surface area (Å²) in [6.45, 7) is 5.80. The monoisotopic (exact) mass is 390 g/mol. The van der Waals surface area contributed by atoms with Crippen LogP contribution in [-0.2, 0) is 9.53 Å². The van der Waals surface area contributed by atoms with Crippen molar-refractivity contribution in [1.82, 2.24) is 20.6 Å². The van der Waals surface area contributed by atoms with Crippen LogP contribution in [0.3, 0.4) is 0 Å². The number of ether oxygens (including phenoxy) is 1. The lowest BCUT2D eigenvalue weighted by Gasteiger charge is -2.23. The molecule has 27 heavy (non-hydrogen) atoms. The lowest BCUT2D eigenvalue weighted by Crippen LogP contribution is -2.45. The van der Waals surface area contributed by atoms with Gasteiger partial charge in [0.25, 0.3) is 0 Å². The minimum atomic E-state index is -0.894. The standard InChI is InChI=1S/C18H22N4O4S/c1-18(2,3)26-17(25)22-12(9-10-6-8-19-14(10)24)13(23)16-21-11-5-4-7-20-15(11)27-16/h4-5,7,10,12H,6,8-9H2,1-3H3,(H,19,24)(H,22,25)/t10-,12-/m0/s1. The average molecular weight is 390 g/mol. The zero-order valence-electron chi connectivity index (χ0n) is 15.4. The maximum Gasteiger partial charge on any atom is 0.408 e. The van der Waals surface area contributed by atoms with Crippen LogP contribution in [0.5, 0.6) is 0 Å². The number of Topliss-reactive ketones (excluding diaryl/α,β-unsaturated/α-hetero) is 1. The van der Waals surface area contributed by atoms with Crippen molar-refractivity contribution in [2.24, 2.45) is 5.92 Å². The Bertz CT molecular complexity index is 841. The van der Waals surface area contributed by atoms with E-state index in [1.165, 1.54) is 11.3 Å². The molecule has 0 radical (unpaired) electrons. The molecule has 144 valence electrons.